The molecule has 0 radical (unpaired) electrons. The molecular formula is C12H19N3O2S. The van der Waals surface area contributed by atoms with Gasteiger partial charge in [-0.15, -0.1) is 0 Å². The third-order valence-electron chi connectivity index (χ3n) is 3.39. The standard InChI is InChI=1S/C12H19N3O2S/c1-8(9-2-3-9)7-15-12-5-4-10(6-11(12)13)18(14,16)17/h4-6,8-9,15H,2-3,7,13H2,1H3,(H2,14,16,17). The van der Waals surface area contributed by atoms with Crippen molar-refractivity contribution in [2.45, 2.75) is 24.7 Å². The minimum absolute atomic E-state index is 0.0424. The lowest BCUT2D eigenvalue weighted by atomic mass is 10.1. The first-order valence-corrected chi connectivity index (χ1v) is 7.59. The largest absolute Gasteiger partial charge is 0.397 e. The van der Waals surface area contributed by atoms with Crippen molar-refractivity contribution in [2.24, 2.45) is 17.0 Å². The summed E-state index contributed by atoms with van der Waals surface area (Å²) in [6, 6.07) is 4.52. The molecule has 1 saturated carbocycles. The van der Waals surface area contributed by atoms with E-state index in [2.05, 4.69) is 12.2 Å². The second kappa shape index (κ2) is 4.78. The van der Waals surface area contributed by atoms with Gasteiger partial charge in [0.25, 0.3) is 0 Å². The number of benzene rings is 1. The summed E-state index contributed by atoms with van der Waals surface area (Å²) in [6.07, 6.45) is 2.62. The van der Waals surface area contributed by atoms with E-state index < -0.39 is 10.0 Å². The summed E-state index contributed by atoms with van der Waals surface area (Å²) in [6.45, 7) is 3.06. The fraction of sp³-hybridized carbons (Fsp3) is 0.500. The van der Waals surface area contributed by atoms with Crippen LogP contribution in [-0.4, -0.2) is 15.0 Å². The van der Waals surface area contributed by atoms with Gasteiger partial charge in [-0.3, -0.25) is 0 Å². The fourth-order valence-electron chi connectivity index (χ4n) is 1.98. The van der Waals surface area contributed by atoms with Crippen molar-refractivity contribution in [3.05, 3.63) is 18.2 Å². The van der Waals surface area contributed by atoms with E-state index in [0.29, 0.717) is 11.6 Å². The van der Waals surface area contributed by atoms with Crippen LogP contribution in [0, 0.1) is 11.8 Å². The summed E-state index contributed by atoms with van der Waals surface area (Å²) >= 11 is 0. The zero-order chi connectivity index (χ0) is 13.3. The minimum Gasteiger partial charge on any atom is -0.397 e. The lowest BCUT2D eigenvalue weighted by molar-refractivity contribution is 0.537. The summed E-state index contributed by atoms with van der Waals surface area (Å²) in [5.74, 6) is 1.43. The first-order valence-electron chi connectivity index (χ1n) is 6.04. The zero-order valence-electron chi connectivity index (χ0n) is 10.4. The van der Waals surface area contributed by atoms with Crippen LogP contribution in [0.2, 0.25) is 0 Å². The molecule has 5 nitrogen and oxygen atoms in total. The molecule has 2 rings (SSSR count). The molecule has 0 heterocycles. The van der Waals surface area contributed by atoms with Crippen molar-refractivity contribution < 1.29 is 8.42 Å². The highest BCUT2D eigenvalue weighted by molar-refractivity contribution is 7.89. The Bertz CT molecular complexity index is 538. The lowest BCUT2D eigenvalue weighted by Gasteiger charge is -2.14. The van der Waals surface area contributed by atoms with Crippen molar-refractivity contribution >= 4 is 21.4 Å². The van der Waals surface area contributed by atoms with E-state index in [1.165, 1.54) is 25.0 Å². The Hall–Kier alpha value is -1.27. The van der Waals surface area contributed by atoms with Crippen LogP contribution >= 0.6 is 0 Å². The topological polar surface area (TPSA) is 98.2 Å². The van der Waals surface area contributed by atoms with Crippen LogP contribution in [0.25, 0.3) is 0 Å². The number of primary sulfonamides is 1. The molecule has 100 valence electrons. The van der Waals surface area contributed by atoms with Crippen LogP contribution in [0.1, 0.15) is 19.8 Å². The number of nitrogens with two attached hydrogens (primary N) is 2. The quantitative estimate of drug-likeness (QED) is 0.703. The van der Waals surface area contributed by atoms with Crippen LogP contribution in [0.4, 0.5) is 11.4 Å². The van der Waals surface area contributed by atoms with E-state index >= 15 is 0 Å². The van der Waals surface area contributed by atoms with Gasteiger partial charge in [-0.05, 0) is 42.9 Å². The van der Waals surface area contributed by atoms with Crippen molar-refractivity contribution in [2.75, 3.05) is 17.6 Å². The van der Waals surface area contributed by atoms with Gasteiger partial charge in [-0.1, -0.05) is 6.92 Å². The summed E-state index contributed by atoms with van der Waals surface area (Å²) in [5, 5.41) is 8.29. The third-order valence-corrected chi connectivity index (χ3v) is 4.30. The van der Waals surface area contributed by atoms with Crippen molar-refractivity contribution in [1.82, 2.24) is 0 Å². The lowest BCUT2D eigenvalue weighted by Crippen LogP contribution is -2.15. The number of nitrogen functional groups attached to an aromatic ring is 1. The molecule has 18 heavy (non-hydrogen) atoms. The highest BCUT2D eigenvalue weighted by Gasteiger charge is 2.27. The molecule has 1 aliphatic carbocycles. The predicted molar refractivity (Wildman–Crippen MR) is 72.6 cm³/mol. The van der Waals surface area contributed by atoms with Gasteiger partial charge in [0.1, 0.15) is 0 Å². The fourth-order valence-corrected chi connectivity index (χ4v) is 2.53. The Morgan fingerprint density at radius 3 is 2.61 bits per heavy atom. The van der Waals surface area contributed by atoms with Gasteiger partial charge in [0.05, 0.1) is 16.3 Å². The zero-order valence-corrected chi connectivity index (χ0v) is 11.2. The maximum Gasteiger partial charge on any atom is 0.238 e. The van der Waals surface area contributed by atoms with Crippen molar-refractivity contribution in [1.29, 1.82) is 0 Å². The molecular weight excluding hydrogens is 250 g/mol. The van der Waals surface area contributed by atoms with Gasteiger partial charge in [-0.2, -0.15) is 0 Å². The summed E-state index contributed by atoms with van der Waals surface area (Å²) in [5.41, 5.74) is 6.98. The van der Waals surface area contributed by atoms with Crippen LogP contribution < -0.4 is 16.2 Å². The SMILES string of the molecule is CC(CNc1ccc(S(N)(=O)=O)cc1N)C1CC1. The van der Waals surface area contributed by atoms with Gasteiger partial charge >= 0.3 is 0 Å². The molecule has 1 aromatic carbocycles. The Kier molecular flexibility index (Phi) is 3.49. The molecule has 0 spiro atoms. The van der Waals surface area contributed by atoms with Crippen LogP contribution in [0.15, 0.2) is 23.1 Å². The Labute approximate surface area is 108 Å². The summed E-state index contributed by atoms with van der Waals surface area (Å²) in [4.78, 5) is 0.0424. The minimum atomic E-state index is -3.68. The molecule has 0 aromatic heterocycles. The maximum absolute atomic E-state index is 11.2. The number of nitrogens with one attached hydrogen (secondary N) is 1. The molecule has 0 bridgehead atoms. The molecule has 1 unspecified atom stereocenters. The first-order chi connectivity index (χ1) is 8.38. The monoisotopic (exact) mass is 269 g/mol. The van der Waals surface area contributed by atoms with Crippen LogP contribution in [-0.2, 0) is 10.0 Å². The van der Waals surface area contributed by atoms with Gasteiger partial charge in [0, 0.05) is 6.54 Å². The molecule has 1 atom stereocenters. The Morgan fingerprint density at radius 1 is 1.44 bits per heavy atom. The highest BCUT2D eigenvalue weighted by Crippen LogP contribution is 2.36. The van der Waals surface area contributed by atoms with Crippen molar-refractivity contribution in [3.63, 3.8) is 0 Å². The van der Waals surface area contributed by atoms with Crippen LogP contribution in [0.5, 0.6) is 0 Å². The number of hydrogen-bond acceptors (Lipinski definition) is 4. The second-order valence-electron chi connectivity index (χ2n) is 4.99. The maximum atomic E-state index is 11.2. The average Bonchev–Trinajstić information content (AvgIpc) is 3.09. The van der Waals surface area contributed by atoms with E-state index in [9.17, 15) is 8.42 Å². The van der Waals surface area contributed by atoms with E-state index in [1.807, 2.05) is 0 Å². The number of sulfonamides is 1. The summed E-state index contributed by atoms with van der Waals surface area (Å²) < 4.78 is 22.3. The van der Waals surface area contributed by atoms with Gasteiger partial charge < -0.3 is 11.1 Å². The van der Waals surface area contributed by atoms with E-state index in [0.717, 1.165) is 18.2 Å². The van der Waals surface area contributed by atoms with E-state index in [-0.39, 0.29) is 4.90 Å². The number of anilines is 2. The number of rotatable bonds is 5. The predicted octanol–water partition coefficient (Wildman–Crippen LogP) is 1.37. The molecule has 6 heteroatoms. The Balaban J connectivity index is 2.05. The molecule has 1 aliphatic rings. The highest BCUT2D eigenvalue weighted by atomic mass is 32.2. The van der Waals surface area contributed by atoms with Crippen LogP contribution in [0.3, 0.4) is 0 Å². The van der Waals surface area contributed by atoms with Crippen molar-refractivity contribution in [3.8, 4) is 0 Å². The molecule has 5 N–H and O–H groups in total. The number of hydrogen-bond donors (Lipinski definition) is 3. The molecule has 0 amide bonds. The third kappa shape index (κ3) is 3.14. The molecule has 1 aromatic rings. The first kappa shape index (κ1) is 13.2. The summed E-state index contributed by atoms with van der Waals surface area (Å²) in [7, 11) is -3.68. The van der Waals surface area contributed by atoms with E-state index in [4.69, 9.17) is 10.9 Å². The normalized spacial score (nSPS) is 17.4. The molecule has 1 fully saturated rings. The smallest absolute Gasteiger partial charge is 0.238 e. The van der Waals surface area contributed by atoms with Gasteiger partial charge in [0.15, 0.2) is 0 Å². The molecule has 0 saturated heterocycles. The Morgan fingerprint density at radius 2 is 2.11 bits per heavy atom. The average molecular weight is 269 g/mol. The van der Waals surface area contributed by atoms with Gasteiger partial charge in [0.2, 0.25) is 10.0 Å². The molecule has 0 aliphatic heterocycles. The van der Waals surface area contributed by atoms with Gasteiger partial charge in [-0.25, -0.2) is 13.6 Å². The van der Waals surface area contributed by atoms with E-state index in [1.54, 1.807) is 6.07 Å². The second-order valence-corrected chi connectivity index (χ2v) is 6.55.